The summed E-state index contributed by atoms with van der Waals surface area (Å²) >= 11 is 5.90. The Kier molecular flexibility index (Phi) is 5.87. The van der Waals surface area contributed by atoms with Crippen LogP contribution in [0.4, 0.5) is 0 Å². The fourth-order valence-electron chi connectivity index (χ4n) is 2.52. The minimum Gasteiger partial charge on any atom is -0.489 e. The van der Waals surface area contributed by atoms with E-state index in [4.69, 9.17) is 16.3 Å². The van der Waals surface area contributed by atoms with Crippen LogP contribution in [0.1, 0.15) is 21.5 Å². The van der Waals surface area contributed by atoms with E-state index in [1.54, 1.807) is 36.5 Å². The summed E-state index contributed by atoms with van der Waals surface area (Å²) in [6, 6.07) is 18.5. The molecule has 0 bridgehead atoms. The third kappa shape index (κ3) is 4.83. The van der Waals surface area contributed by atoms with E-state index in [1.807, 2.05) is 48.5 Å². The normalized spacial score (nSPS) is 10.4. The summed E-state index contributed by atoms with van der Waals surface area (Å²) in [6.07, 6.45) is 3.48. The molecular weight excluding hydrogens is 348 g/mol. The summed E-state index contributed by atoms with van der Waals surface area (Å²) < 4.78 is 5.77. The van der Waals surface area contributed by atoms with E-state index in [1.165, 1.54) is 0 Å². The molecule has 0 fully saturated rings. The second-order valence-electron chi connectivity index (χ2n) is 5.97. The highest BCUT2D eigenvalue weighted by atomic mass is 35.5. The molecule has 0 saturated carbocycles. The number of hydrogen-bond acceptors (Lipinski definition) is 3. The average molecular weight is 367 g/mol. The molecule has 0 unspecified atom stereocenters. The zero-order valence-corrected chi connectivity index (χ0v) is 15.2. The second kappa shape index (κ2) is 8.50. The van der Waals surface area contributed by atoms with E-state index in [2.05, 4.69) is 4.98 Å². The van der Waals surface area contributed by atoms with Crippen molar-refractivity contribution in [2.75, 3.05) is 7.05 Å². The maximum absolute atomic E-state index is 12.7. The molecule has 0 saturated heterocycles. The number of aromatic nitrogens is 1. The number of carbonyl (C=O) groups is 1. The standard InChI is InChI=1S/C21H19ClN2O2/c1-24(14-16-7-9-19(22)10-8-16)21(25)18-5-2-6-20(12-18)26-15-17-4-3-11-23-13-17/h2-13H,14-15H2,1H3. The van der Waals surface area contributed by atoms with Crippen LogP contribution in [0.2, 0.25) is 5.02 Å². The molecule has 1 heterocycles. The molecule has 0 aliphatic rings. The molecule has 1 aromatic heterocycles. The Balaban J connectivity index is 1.64. The smallest absolute Gasteiger partial charge is 0.254 e. The highest BCUT2D eigenvalue weighted by molar-refractivity contribution is 6.30. The Bertz CT molecular complexity index is 867. The summed E-state index contributed by atoms with van der Waals surface area (Å²) in [5.41, 5.74) is 2.59. The predicted octanol–water partition coefficient (Wildman–Crippen LogP) is 4.59. The van der Waals surface area contributed by atoms with Gasteiger partial charge in [0.05, 0.1) is 0 Å². The van der Waals surface area contributed by atoms with Crippen LogP contribution in [0, 0.1) is 0 Å². The number of nitrogens with zero attached hydrogens (tertiary/aromatic N) is 2. The number of amides is 1. The van der Waals surface area contributed by atoms with Crippen LogP contribution in [0.15, 0.2) is 73.1 Å². The number of benzene rings is 2. The Morgan fingerprint density at radius 3 is 2.62 bits per heavy atom. The van der Waals surface area contributed by atoms with Gasteiger partial charge in [-0.15, -0.1) is 0 Å². The molecule has 2 aromatic carbocycles. The summed E-state index contributed by atoms with van der Waals surface area (Å²) in [4.78, 5) is 18.4. The van der Waals surface area contributed by atoms with Gasteiger partial charge in [-0.05, 0) is 42.0 Å². The number of pyridine rings is 1. The maximum atomic E-state index is 12.7. The zero-order chi connectivity index (χ0) is 18.4. The molecule has 0 aliphatic carbocycles. The number of halogens is 1. The summed E-state index contributed by atoms with van der Waals surface area (Å²) in [6.45, 7) is 0.920. The molecule has 132 valence electrons. The number of hydrogen-bond donors (Lipinski definition) is 0. The molecule has 0 radical (unpaired) electrons. The van der Waals surface area contributed by atoms with Gasteiger partial charge in [-0.2, -0.15) is 0 Å². The Morgan fingerprint density at radius 1 is 1.08 bits per heavy atom. The minimum absolute atomic E-state index is 0.0632. The van der Waals surface area contributed by atoms with Crippen molar-refractivity contribution >= 4 is 17.5 Å². The first-order valence-corrected chi connectivity index (χ1v) is 8.61. The van der Waals surface area contributed by atoms with Gasteiger partial charge in [0.2, 0.25) is 0 Å². The van der Waals surface area contributed by atoms with Crippen molar-refractivity contribution in [1.82, 2.24) is 9.88 Å². The third-order valence-electron chi connectivity index (χ3n) is 3.89. The van der Waals surface area contributed by atoms with Crippen molar-refractivity contribution in [3.05, 3.63) is 94.8 Å². The molecule has 26 heavy (non-hydrogen) atoms. The van der Waals surface area contributed by atoms with Crippen molar-refractivity contribution in [3.63, 3.8) is 0 Å². The molecular formula is C21H19ClN2O2. The van der Waals surface area contributed by atoms with E-state index in [0.717, 1.165) is 11.1 Å². The van der Waals surface area contributed by atoms with Gasteiger partial charge < -0.3 is 9.64 Å². The van der Waals surface area contributed by atoms with Crippen LogP contribution in [0.3, 0.4) is 0 Å². The van der Waals surface area contributed by atoms with Crippen molar-refractivity contribution in [2.45, 2.75) is 13.2 Å². The lowest BCUT2D eigenvalue weighted by Gasteiger charge is -2.18. The average Bonchev–Trinajstić information content (AvgIpc) is 2.68. The van der Waals surface area contributed by atoms with Gasteiger partial charge in [0.25, 0.3) is 5.91 Å². The fourth-order valence-corrected chi connectivity index (χ4v) is 2.65. The van der Waals surface area contributed by atoms with Gasteiger partial charge in [0.1, 0.15) is 12.4 Å². The van der Waals surface area contributed by atoms with Crippen LogP contribution >= 0.6 is 11.6 Å². The molecule has 3 aromatic rings. The molecule has 0 atom stereocenters. The molecule has 0 aliphatic heterocycles. The molecule has 4 nitrogen and oxygen atoms in total. The molecule has 5 heteroatoms. The second-order valence-corrected chi connectivity index (χ2v) is 6.40. The Hall–Kier alpha value is -2.85. The van der Waals surface area contributed by atoms with Crippen LogP contribution in [0.25, 0.3) is 0 Å². The zero-order valence-electron chi connectivity index (χ0n) is 14.4. The summed E-state index contributed by atoms with van der Waals surface area (Å²) in [5.74, 6) is 0.589. The van der Waals surface area contributed by atoms with Crippen molar-refractivity contribution in [2.24, 2.45) is 0 Å². The lowest BCUT2D eigenvalue weighted by Crippen LogP contribution is -2.26. The number of ether oxygens (including phenoxy) is 1. The topological polar surface area (TPSA) is 42.4 Å². The largest absolute Gasteiger partial charge is 0.489 e. The van der Waals surface area contributed by atoms with Crippen molar-refractivity contribution < 1.29 is 9.53 Å². The fraction of sp³-hybridized carbons (Fsp3) is 0.143. The first-order chi connectivity index (χ1) is 12.6. The van der Waals surface area contributed by atoms with Gasteiger partial charge in [0, 0.05) is 42.1 Å². The first-order valence-electron chi connectivity index (χ1n) is 8.23. The van der Waals surface area contributed by atoms with E-state index < -0.39 is 0 Å². The predicted molar refractivity (Wildman–Crippen MR) is 102 cm³/mol. The summed E-state index contributed by atoms with van der Waals surface area (Å²) in [5, 5.41) is 0.682. The molecule has 0 N–H and O–H groups in total. The van der Waals surface area contributed by atoms with E-state index >= 15 is 0 Å². The van der Waals surface area contributed by atoms with Gasteiger partial charge in [0.15, 0.2) is 0 Å². The third-order valence-corrected chi connectivity index (χ3v) is 4.14. The molecule has 0 spiro atoms. The first kappa shape index (κ1) is 18.0. The Morgan fingerprint density at radius 2 is 1.88 bits per heavy atom. The lowest BCUT2D eigenvalue weighted by atomic mass is 10.1. The van der Waals surface area contributed by atoms with Gasteiger partial charge in [-0.25, -0.2) is 0 Å². The van der Waals surface area contributed by atoms with Crippen molar-refractivity contribution in [3.8, 4) is 5.75 Å². The Labute approximate surface area is 158 Å². The van der Waals surface area contributed by atoms with E-state index in [-0.39, 0.29) is 5.91 Å². The number of rotatable bonds is 6. The quantitative estimate of drug-likeness (QED) is 0.641. The monoisotopic (exact) mass is 366 g/mol. The summed E-state index contributed by atoms with van der Waals surface area (Å²) in [7, 11) is 1.78. The van der Waals surface area contributed by atoms with Crippen molar-refractivity contribution in [1.29, 1.82) is 0 Å². The van der Waals surface area contributed by atoms with E-state index in [0.29, 0.717) is 29.5 Å². The maximum Gasteiger partial charge on any atom is 0.254 e. The van der Waals surface area contributed by atoms with Gasteiger partial charge >= 0.3 is 0 Å². The van der Waals surface area contributed by atoms with Crippen LogP contribution in [-0.4, -0.2) is 22.8 Å². The van der Waals surface area contributed by atoms with Crippen LogP contribution in [0.5, 0.6) is 5.75 Å². The van der Waals surface area contributed by atoms with Crippen LogP contribution in [-0.2, 0) is 13.2 Å². The highest BCUT2D eigenvalue weighted by Crippen LogP contribution is 2.17. The van der Waals surface area contributed by atoms with Gasteiger partial charge in [-0.3, -0.25) is 9.78 Å². The highest BCUT2D eigenvalue weighted by Gasteiger charge is 2.13. The van der Waals surface area contributed by atoms with E-state index in [9.17, 15) is 4.79 Å². The van der Waals surface area contributed by atoms with Crippen LogP contribution < -0.4 is 4.74 Å². The molecule has 3 rings (SSSR count). The van der Waals surface area contributed by atoms with Gasteiger partial charge in [-0.1, -0.05) is 35.9 Å². The minimum atomic E-state index is -0.0632. The lowest BCUT2D eigenvalue weighted by molar-refractivity contribution is 0.0784. The SMILES string of the molecule is CN(Cc1ccc(Cl)cc1)C(=O)c1cccc(OCc2cccnc2)c1. The molecule has 1 amide bonds. The number of carbonyl (C=O) groups excluding carboxylic acids is 1.